The molecule has 2 aromatic heterocycles. The molecule has 0 atom stereocenters. The summed E-state index contributed by atoms with van der Waals surface area (Å²) in [6.45, 7) is 2.09. The first kappa shape index (κ1) is 15.6. The lowest BCUT2D eigenvalue weighted by molar-refractivity contribution is -0.384. The van der Waals surface area contributed by atoms with Gasteiger partial charge in [-0.05, 0) is 37.8 Å². The summed E-state index contributed by atoms with van der Waals surface area (Å²) in [5, 5.41) is 17.2. The second kappa shape index (κ2) is 6.50. The zero-order valence-corrected chi connectivity index (χ0v) is 13.7. The largest absolute Gasteiger partial charge is 0.361 e. The summed E-state index contributed by atoms with van der Waals surface area (Å²) >= 11 is 0. The van der Waals surface area contributed by atoms with Crippen LogP contribution in [-0.4, -0.2) is 39.0 Å². The van der Waals surface area contributed by atoms with Gasteiger partial charge in [0.15, 0.2) is 0 Å². The van der Waals surface area contributed by atoms with E-state index >= 15 is 0 Å². The third-order valence-corrected chi connectivity index (χ3v) is 4.32. The summed E-state index contributed by atoms with van der Waals surface area (Å²) in [6.07, 6.45) is 7.38. The van der Waals surface area contributed by atoms with Gasteiger partial charge in [-0.3, -0.25) is 10.1 Å². The average Bonchev–Trinajstić information content (AvgIpc) is 3.25. The quantitative estimate of drug-likeness (QED) is 0.610. The molecule has 2 aliphatic rings. The third kappa shape index (κ3) is 3.59. The van der Waals surface area contributed by atoms with E-state index in [0.717, 1.165) is 37.4 Å². The van der Waals surface area contributed by atoms with Crippen molar-refractivity contribution in [3.8, 4) is 0 Å². The van der Waals surface area contributed by atoms with Gasteiger partial charge in [0, 0.05) is 19.1 Å². The fraction of sp³-hybridized carbons (Fsp3) is 0.438. The minimum Gasteiger partial charge on any atom is -0.361 e. The molecule has 9 heteroatoms. The van der Waals surface area contributed by atoms with Crippen LogP contribution in [0.5, 0.6) is 0 Å². The number of anilines is 4. The number of hydrogen-bond donors (Lipinski definition) is 2. The van der Waals surface area contributed by atoms with Crippen molar-refractivity contribution < 1.29 is 4.92 Å². The first-order chi connectivity index (χ1) is 12.2. The number of hydrogen-bond acceptors (Lipinski definition) is 8. The molecule has 3 heterocycles. The number of nitrogens with zero attached hydrogens (tertiary/aromatic N) is 5. The summed E-state index contributed by atoms with van der Waals surface area (Å²) in [5.74, 6) is 1.53. The molecule has 0 bridgehead atoms. The van der Waals surface area contributed by atoms with Crippen LogP contribution in [0.4, 0.5) is 29.0 Å². The second-order valence-corrected chi connectivity index (χ2v) is 6.33. The highest BCUT2D eigenvalue weighted by atomic mass is 16.6. The average molecular weight is 341 g/mol. The lowest BCUT2D eigenvalue weighted by atomic mass is 10.4. The number of rotatable bonds is 6. The van der Waals surface area contributed by atoms with Gasteiger partial charge >= 0.3 is 5.69 Å². The van der Waals surface area contributed by atoms with Crippen molar-refractivity contribution in [2.24, 2.45) is 0 Å². The summed E-state index contributed by atoms with van der Waals surface area (Å²) < 4.78 is 0. The Balaban J connectivity index is 1.50. The Kier molecular flexibility index (Phi) is 4.04. The van der Waals surface area contributed by atoms with E-state index in [1.807, 2.05) is 12.1 Å². The van der Waals surface area contributed by atoms with E-state index < -0.39 is 4.92 Å². The van der Waals surface area contributed by atoms with Crippen LogP contribution in [0.25, 0.3) is 0 Å². The van der Waals surface area contributed by atoms with E-state index in [1.165, 1.54) is 19.0 Å². The van der Waals surface area contributed by atoms with Crippen molar-refractivity contribution in [1.82, 2.24) is 15.0 Å². The van der Waals surface area contributed by atoms with Crippen molar-refractivity contribution in [3.05, 3.63) is 34.6 Å². The van der Waals surface area contributed by atoms with Crippen molar-refractivity contribution in [3.63, 3.8) is 0 Å². The molecule has 0 spiro atoms. The molecule has 130 valence electrons. The van der Waals surface area contributed by atoms with Gasteiger partial charge < -0.3 is 15.5 Å². The number of nitro groups is 1. The molecule has 4 rings (SSSR count). The monoisotopic (exact) mass is 341 g/mol. The lowest BCUT2D eigenvalue weighted by Crippen LogP contribution is -2.18. The standard InChI is InChI=1S/C16H19N7O2/c24-23(25)13-10-18-16(21-15(13)19-11-3-4-11)20-12-5-6-14(17-9-12)22-7-1-2-8-22/h5-6,9-11H,1-4,7-8H2,(H2,18,19,20,21). The molecule has 0 radical (unpaired) electrons. The molecular formula is C16H19N7O2. The van der Waals surface area contributed by atoms with Gasteiger partial charge in [-0.25, -0.2) is 9.97 Å². The lowest BCUT2D eigenvalue weighted by Gasteiger charge is -2.16. The van der Waals surface area contributed by atoms with E-state index in [-0.39, 0.29) is 17.5 Å². The summed E-state index contributed by atoms with van der Waals surface area (Å²) in [4.78, 5) is 25.7. The minimum absolute atomic E-state index is 0.111. The first-order valence-electron chi connectivity index (χ1n) is 8.45. The van der Waals surface area contributed by atoms with E-state index in [0.29, 0.717) is 5.95 Å². The number of nitrogens with one attached hydrogen (secondary N) is 2. The van der Waals surface area contributed by atoms with Gasteiger partial charge in [-0.15, -0.1) is 0 Å². The molecule has 1 saturated carbocycles. The maximum Gasteiger partial charge on any atom is 0.329 e. The van der Waals surface area contributed by atoms with Gasteiger partial charge in [-0.1, -0.05) is 0 Å². The number of pyridine rings is 1. The Hall–Kier alpha value is -2.97. The molecule has 25 heavy (non-hydrogen) atoms. The van der Waals surface area contributed by atoms with E-state index in [9.17, 15) is 10.1 Å². The van der Waals surface area contributed by atoms with Crippen LogP contribution in [0.1, 0.15) is 25.7 Å². The molecule has 9 nitrogen and oxygen atoms in total. The molecule has 2 N–H and O–H groups in total. The Morgan fingerprint density at radius 3 is 2.60 bits per heavy atom. The van der Waals surface area contributed by atoms with Crippen LogP contribution in [0.15, 0.2) is 24.5 Å². The van der Waals surface area contributed by atoms with Crippen LogP contribution >= 0.6 is 0 Å². The normalized spacial score (nSPS) is 16.7. The van der Waals surface area contributed by atoms with Gasteiger partial charge in [0.05, 0.1) is 16.8 Å². The first-order valence-corrected chi connectivity index (χ1v) is 8.45. The fourth-order valence-electron chi connectivity index (χ4n) is 2.82. The molecule has 0 amide bonds. The van der Waals surface area contributed by atoms with E-state index in [4.69, 9.17) is 0 Å². The smallest absolute Gasteiger partial charge is 0.329 e. The van der Waals surface area contributed by atoms with Crippen LogP contribution in [-0.2, 0) is 0 Å². The van der Waals surface area contributed by atoms with Crippen molar-refractivity contribution in [2.45, 2.75) is 31.7 Å². The molecule has 1 aliphatic heterocycles. The summed E-state index contributed by atoms with van der Waals surface area (Å²) in [5.41, 5.74) is 0.633. The second-order valence-electron chi connectivity index (χ2n) is 6.33. The molecule has 0 aromatic carbocycles. The maximum absolute atomic E-state index is 11.1. The van der Waals surface area contributed by atoms with Gasteiger partial charge in [0.2, 0.25) is 11.8 Å². The van der Waals surface area contributed by atoms with Gasteiger partial charge in [-0.2, -0.15) is 4.98 Å². The maximum atomic E-state index is 11.1. The van der Waals surface area contributed by atoms with Crippen molar-refractivity contribution >= 4 is 29.0 Å². The Morgan fingerprint density at radius 2 is 1.96 bits per heavy atom. The van der Waals surface area contributed by atoms with Crippen molar-refractivity contribution in [2.75, 3.05) is 28.6 Å². The molecule has 1 saturated heterocycles. The molecular weight excluding hydrogens is 322 g/mol. The van der Waals surface area contributed by atoms with Gasteiger partial charge in [0.25, 0.3) is 0 Å². The van der Waals surface area contributed by atoms with E-state index in [2.05, 4.69) is 30.5 Å². The van der Waals surface area contributed by atoms with Crippen LogP contribution in [0.2, 0.25) is 0 Å². The predicted molar refractivity (Wildman–Crippen MR) is 94.3 cm³/mol. The van der Waals surface area contributed by atoms with Crippen molar-refractivity contribution in [1.29, 1.82) is 0 Å². The molecule has 2 aromatic rings. The number of aromatic nitrogens is 3. The highest BCUT2D eigenvalue weighted by Gasteiger charge is 2.26. The zero-order valence-electron chi connectivity index (χ0n) is 13.7. The Morgan fingerprint density at radius 1 is 1.16 bits per heavy atom. The topological polar surface area (TPSA) is 109 Å². The van der Waals surface area contributed by atoms with Gasteiger partial charge in [0.1, 0.15) is 12.0 Å². The molecule has 1 aliphatic carbocycles. The zero-order chi connectivity index (χ0) is 17.2. The van der Waals surface area contributed by atoms with Crippen LogP contribution in [0, 0.1) is 10.1 Å². The summed E-state index contributed by atoms with van der Waals surface area (Å²) in [7, 11) is 0. The fourth-order valence-corrected chi connectivity index (χ4v) is 2.82. The highest BCUT2D eigenvalue weighted by molar-refractivity contribution is 5.61. The molecule has 0 unspecified atom stereocenters. The van der Waals surface area contributed by atoms with E-state index in [1.54, 1.807) is 6.20 Å². The predicted octanol–water partition coefficient (Wildman–Crippen LogP) is 2.70. The van der Waals surface area contributed by atoms with Crippen LogP contribution in [0.3, 0.4) is 0 Å². The Bertz CT molecular complexity index is 771. The SMILES string of the molecule is O=[N+]([O-])c1cnc(Nc2ccc(N3CCCC3)nc2)nc1NC1CC1. The third-order valence-electron chi connectivity index (χ3n) is 4.32. The highest BCUT2D eigenvalue weighted by Crippen LogP contribution is 2.30. The summed E-state index contributed by atoms with van der Waals surface area (Å²) in [6, 6.07) is 4.14. The Labute approximate surface area is 144 Å². The van der Waals surface area contributed by atoms with Crippen LogP contribution < -0.4 is 15.5 Å². The minimum atomic E-state index is -0.471. The molecule has 2 fully saturated rings.